The summed E-state index contributed by atoms with van der Waals surface area (Å²) in [5.41, 5.74) is 1.18. The van der Waals surface area contributed by atoms with Gasteiger partial charge in [-0.25, -0.2) is 0 Å². The van der Waals surface area contributed by atoms with Gasteiger partial charge in [0.25, 0.3) is 0 Å². The highest BCUT2D eigenvalue weighted by molar-refractivity contribution is 5.79. The van der Waals surface area contributed by atoms with Crippen molar-refractivity contribution in [2.75, 3.05) is 6.54 Å². The van der Waals surface area contributed by atoms with Crippen molar-refractivity contribution in [3.63, 3.8) is 0 Å². The zero-order valence-electron chi connectivity index (χ0n) is 14.9. The molecular formula is C20H28N2O2. The van der Waals surface area contributed by atoms with E-state index in [2.05, 4.69) is 17.0 Å². The summed E-state index contributed by atoms with van der Waals surface area (Å²) in [6.07, 6.45) is 3.96. The van der Waals surface area contributed by atoms with Crippen LogP contribution in [-0.4, -0.2) is 40.2 Å². The van der Waals surface area contributed by atoms with Gasteiger partial charge in [-0.15, -0.1) is 0 Å². The molecule has 0 spiro atoms. The number of rotatable bonds is 2. The highest BCUT2D eigenvalue weighted by atomic mass is 16.2. The number of carbonyl (C=O) groups excluding carboxylic acids is 2. The minimum atomic E-state index is 0.00491. The molecular weight excluding hydrogens is 300 g/mol. The first-order chi connectivity index (χ1) is 11.5. The standard InChI is InChI=1S/C20H28N2O2/c1-14(2)20(24)21-12-8-7-11-17-19(21)13-18(22(17)15(3)23)16-9-5-4-6-10-16/h4-6,9-10,14,17-19H,7-8,11-13H2,1-3H3/t17-,18-,19+/m0/s1. The summed E-state index contributed by atoms with van der Waals surface area (Å²) < 4.78 is 0. The molecule has 1 aromatic carbocycles. The van der Waals surface area contributed by atoms with Gasteiger partial charge in [-0.2, -0.15) is 0 Å². The molecule has 2 amide bonds. The Kier molecular flexibility index (Phi) is 4.93. The summed E-state index contributed by atoms with van der Waals surface area (Å²) in [5.74, 6) is 0.351. The lowest BCUT2D eigenvalue weighted by atomic mass is 9.99. The maximum absolute atomic E-state index is 12.7. The Labute approximate surface area is 144 Å². The third-order valence-electron chi connectivity index (χ3n) is 5.48. The molecule has 4 nitrogen and oxygen atoms in total. The lowest BCUT2D eigenvalue weighted by molar-refractivity contribution is -0.139. The number of likely N-dealkylation sites (tertiary alicyclic amines) is 2. The van der Waals surface area contributed by atoms with Gasteiger partial charge in [0.2, 0.25) is 11.8 Å². The van der Waals surface area contributed by atoms with Crippen molar-refractivity contribution < 1.29 is 9.59 Å². The number of amides is 2. The van der Waals surface area contributed by atoms with Gasteiger partial charge >= 0.3 is 0 Å². The van der Waals surface area contributed by atoms with Crippen molar-refractivity contribution in [2.45, 2.75) is 64.6 Å². The molecule has 0 aromatic heterocycles. The lowest BCUT2D eigenvalue weighted by Gasteiger charge is -2.34. The van der Waals surface area contributed by atoms with Crippen LogP contribution >= 0.6 is 0 Å². The first-order valence-electron chi connectivity index (χ1n) is 9.15. The summed E-state index contributed by atoms with van der Waals surface area (Å²) in [5, 5.41) is 0. The smallest absolute Gasteiger partial charge is 0.225 e. The fraction of sp³-hybridized carbons (Fsp3) is 0.600. The van der Waals surface area contributed by atoms with E-state index in [1.54, 1.807) is 6.92 Å². The minimum Gasteiger partial charge on any atom is -0.337 e. The Bertz CT molecular complexity index is 599. The molecule has 2 fully saturated rings. The van der Waals surface area contributed by atoms with E-state index in [0.717, 1.165) is 32.2 Å². The number of nitrogens with zero attached hydrogens (tertiary/aromatic N) is 2. The van der Waals surface area contributed by atoms with E-state index in [4.69, 9.17) is 0 Å². The van der Waals surface area contributed by atoms with Crippen LogP contribution in [-0.2, 0) is 9.59 Å². The highest BCUT2D eigenvalue weighted by Gasteiger charge is 2.47. The van der Waals surface area contributed by atoms with Crippen molar-refractivity contribution in [1.29, 1.82) is 0 Å². The largest absolute Gasteiger partial charge is 0.337 e. The van der Waals surface area contributed by atoms with Crippen molar-refractivity contribution >= 4 is 11.8 Å². The predicted octanol–water partition coefficient (Wildman–Crippen LogP) is 3.39. The Morgan fingerprint density at radius 1 is 1.08 bits per heavy atom. The molecule has 2 aliphatic heterocycles. The summed E-state index contributed by atoms with van der Waals surface area (Å²) >= 11 is 0. The second-order valence-corrected chi connectivity index (χ2v) is 7.41. The molecule has 2 aliphatic rings. The number of benzene rings is 1. The summed E-state index contributed by atoms with van der Waals surface area (Å²) in [6, 6.07) is 10.6. The molecule has 0 bridgehead atoms. The molecule has 0 radical (unpaired) electrons. The van der Waals surface area contributed by atoms with Crippen LogP contribution in [0.3, 0.4) is 0 Å². The second-order valence-electron chi connectivity index (χ2n) is 7.41. The number of hydrogen-bond donors (Lipinski definition) is 0. The van der Waals surface area contributed by atoms with E-state index in [9.17, 15) is 9.59 Å². The van der Waals surface area contributed by atoms with E-state index in [1.165, 1.54) is 5.56 Å². The summed E-state index contributed by atoms with van der Waals surface area (Å²) in [4.78, 5) is 29.3. The van der Waals surface area contributed by atoms with E-state index in [0.29, 0.717) is 0 Å². The van der Waals surface area contributed by atoms with Crippen molar-refractivity contribution in [3.05, 3.63) is 35.9 Å². The number of hydrogen-bond acceptors (Lipinski definition) is 2. The lowest BCUT2D eigenvalue weighted by Crippen LogP contribution is -2.48. The van der Waals surface area contributed by atoms with Gasteiger partial charge < -0.3 is 9.80 Å². The fourth-order valence-corrected chi connectivity index (χ4v) is 4.41. The van der Waals surface area contributed by atoms with Gasteiger partial charge in [-0.05, 0) is 31.2 Å². The predicted molar refractivity (Wildman–Crippen MR) is 94.3 cm³/mol. The van der Waals surface area contributed by atoms with Crippen LogP contribution in [0.5, 0.6) is 0 Å². The molecule has 3 atom stereocenters. The molecule has 2 heterocycles. The van der Waals surface area contributed by atoms with Crippen LogP contribution in [0.15, 0.2) is 30.3 Å². The van der Waals surface area contributed by atoms with Gasteiger partial charge in [0.1, 0.15) is 0 Å². The van der Waals surface area contributed by atoms with E-state index in [1.807, 2.05) is 36.9 Å². The average Bonchev–Trinajstić information content (AvgIpc) is 2.83. The molecule has 0 unspecified atom stereocenters. The Balaban J connectivity index is 1.95. The Hall–Kier alpha value is -1.84. The van der Waals surface area contributed by atoms with Gasteiger partial charge in [0, 0.05) is 19.4 Å². The fourth-order valence-electron chi connectivity index (χ4n) is 4.41. The monoisotopic (exact) mass is 328 g/mol. The van der Waals surface area contributed by atoms with Gasteiger partial charge in [0.15, 0.2) is 0 Å². The summed E-state index contributed by atoms with van der Waals surface area (Å²) in [6.45, 7) is 6.42. The van der Waals surface area contributed by atoms with Crippen molar-refractivity contribution in [3.8, 4) is 0 Å². The van der Waals surface area contributed by atoms with Crippen LogP contribution in [0.1, 0.15) is 58.1 Å². The average molecular weight is 328 g/mol. The Morgan fingerprint density at radius 3 is 2.42 bits per heavy atom. The van der Waals surface area contributed by atoms with Crippen LogP contribution in [0.25, 0.3) is 0 Å². The topological polar surface area (TPSA) is 40.6 Å². The molecule has 2 saturated heterocycles. The van der Waals surface area contributed by atoms with Crippen LogP contribution in [0, 0.1) is 5.92 Å². The van der Waals surface area contributed by atoms with Gasteiger partial charge in [-0.3, -0.25) is 9.59 Å². The minimum absolute atomic E-state index is 0.00491. The normalized spacial score (nSPS) is 27.1. The summed E-state index contributed by atoms with van der Waals surface area (Å²) in [7, 11) is 0. The highest BCUT2D eigenvalue weighted by Crippen LogP contribution is 2.42. The van der Waals surface area contributed by atoms with Crippen LogP contribution in [0.2, 0.25) is 0 Å². The second kappa shape index (κ2) is 6.96. The van der Waals surface area contributed by atoms with E-state index < -0.39 is 0 Å². The quantitative estimate of drug-likeness (QED) is 0.835. The molecule has 0 saturated carbocycles. The SMILES string of the molecule is CC(=O)N1[C@H](c2ccccc2)C[C@@H]2[C@@H]1CCCCN2C(=O)C(C)C. The van der Waals surface area contributed by atoms with Crippen LogP contribution in [0.4, 0.5) is 0 Å². The number of carbonyl (C=O) groups is 2. The zero-order chi connectivity index (χ0) is 17.3. The van der Waals surface area contributed by atoms with Crippen LogP contribution < -0.4 is 0 Å². The molecule has 4 heteroatoms. The van der Waals surface area contributed by atoms with Gasteiger partial charge in [0.05, 0.1) is 18.1 Å². The molecule has 0 aliphatic carbocycles. The maximum Gasteiger partial charge on any atom is 0.225 e. The van der Waals surface area contributed by atoms with E-state index >= 15 is 0 Å². The maximum atomic E-state index is 12.7. The van der Waals surface area contributed by atoms with Gasteiger partial charge in [-0.1, -0.05) is 44.2 Å². The molecule has 130 valence electrons. The molecule has 1 aromatic rings. The number of fused-ring (bicyclic) bond motifs is 1. The molecule has 0 N–H and O–H groups in total. The first-order valence-corrected chi connectivity index (χ1v) is 9.15. The third kappa shape index (κ3) is 3.06. The third-order valence-corrected chi connectivity index (χ3v) is 5.48. The first kappa shape index (κ1) is 17.0. The van der Waals surface area contributed by atoms with E-state index in [-0.39, 0.29) is 35.9 Å². The molecule has 3 rings (SSSR count). The zero-order valence-corrected chi connectivity index (χ0v) is 14.9. The molecule has 24 heavy (non-hydrogen) atoms. The Morgan fingerprint density at radius 2 is 1.79 bits per heavy atom. The van der Waals surface area contributed by atoms with Crippen molar-refractivity contribution in [1.82, 2.24) is 9.80 Å². The van der Waals surface area contributed by atoms with Crippen molar-refractivity contribution in [2.24, 2.45) is 5.92 Å².